The zero-order valence-electron chi connectivity index (χ0n) is 8.95. The van der Waals surface area contributed by atoms with Crippen LogP contribution >= 0.6 is 0 Å². The van der Waals surface area contributed by atoms with Crippen LogP contribution in [0.5, 0.6) is 5.75 Å². The zero-order chi connectivity index (χ0) is 12.6. The normalized spacial score (nSPS) is 11.6. The maximum absolute atomic E-state index is 11.4. The monoisotopic (exact) mass is 254 g/mol. The van der Waals surface area contributed by atoms with Gasteiger partial charge in [0, 0.05) is 19.2 Å². The molecule has 1 aromatic carbocycles. The number of nitrogens with two attached hydrogens (primary N) is 1. The van der Waals surface area contributed by atoms with Crippen molar-refractivity contribution in [3.63, 3.8) is 0 Å². The van der Waals surface area contributed by atoms with Gasteiger partial charge in [-0.2, -0.15) is 13.6 Å². The molecule has 0 radical (unpaired) electrons. The number of nitrogens with zero attached hydrogens (tertiary/aromatic N) is 1. The van der Waals surface area contributed by atoms with Crippen molar-refractivity contribution in [1.82, 2.24) is 4.57 Å². The van der Waals surface area contributed by atoms with Crippen molar-refractivity contribution in [2.75, 3.05) is 0 Å². The standard InChI is InChI=1S/C10H10N2O4S/c1-12-9-6-8(16-17(11,14)15)4-2-7(9)3-5-10(12)13/h2-6H,1H3,(H2,11,14,15). The van der Waals surface area contributed by atoms with E-state index in [-0.39, 0.29) is 11.3 Å². The topological polar surface area (TPSA) is 91.4 Å². The molecule has 2 N–H and O–H groups in total. The SMILES string of the molecule is Cn1c(=O)ccc2ccc(OS(N)(=O)=O)cc21. The first-order valence-electron chi connectivity index (χ1n) is 4.69. The van der Waals surface area contributed by atoms with Gasteiger partial charge in [-0.25, -0.2) is 0 Å². The molecular formula is C10H10N2O4S. The Balaban J connectivity index is 2.64. The van der Waals surface area contributed by atoms with E-state index in [1.807, 2.05) is 0 Å². The maximum atomic E-state index is 11.4. The Morgan fingerprint density at radius 2 is 1.88 bits per heavy atom. The lowest BCUT2D eigenvalue weighted by Gasteiger charge is -2.07. The molecule has 0 aliphatic rings. The van der Waals surface area contributed by atoms with E-state index >= 15 is 0 Å². The van der Waals surface area contributed by atoms with E-state index in [0.29, 0.717) is 5.52 Å². The number of pyridine rings is 1. The quantitative estimate of drug-likeness (QED) is 0.824. The molecule has 0 saturated heterocycles. The second-order valence-corrected chi connectivity index (χ2v) is 4.68. The molecule has 0 aliphatic heterocycles. The highest BCUT2D eigenvalue weighted by Crippen LogP contribution is 2.19. The van der Waals surface area contributed by atoms with E-state index in [9.17, 15) is 13.2 Å². The van der Waals surface area contributed by atoms with Crippen LogP contribution in [-0.2, 0) is 17.4 Å². The van der Waals surface area contributed by atoms with E-state index < -0.39 is 10.3 Å². The maximum Gasteiger partial charge on any atom is 0.380 e. The summed E-state index contributed by atoms with van der Waals surface area (Å²) in [6.45, 7) is 0. The Hall–Kier alpha value is -1.86. The van der Waals surface area contributed by atoms with Crippen molar-refractivity contribution in [2.45, 2.75) is 0 Å². The van der Waals surface area contributed by atoms with Gasteiger partial charge < -0.3 is 8.75 Å². The van der Waals surface area contributed by atoms with Crippen LogP contribution in [0.2, 0.25) is 0 Å². The van der Waals surface area contributed by atoms with Gasteiger partial charge in [0.2, 0.25) is 0 Å². The Morgan fingerprint density at radius 1 is 1.24 bits per heavy atom. The average molecular weight is 254 g/mol. The predicted octanol–water partition coefficient (Wildman–Crippen LogP) is 0.121. The van der Waals surface area contributed by atoms with Crippen LogP contribution in [0.4, 0.5) is 0 Å². The molecule has 0 fully saturated rings. The molecule has 7 heteroatoms. The minimum Gasteiger partial charge on any atom is -0.371 e. The van der Waals surface area contributed by atoms with Crippen molar-refractivity contribution in [1.29, 1.82) is 0 Å². The Bertz CT molecular complexity index is 734. The third-order valence-electron chi connectivity index (χ3n) is 2.31. The molecule has 0 amide bonds. The van der Waals surface area contributed by atoms with Gasteiger partial charge in [0.05, 0.1) is 5.52 Å². The molecular weight excluding hydrogens is 244 g/mol. The predicted molar refractivity (Wildman–Crippen MR) is 62.9 cm³/mol. The molecule has 0 saturated carbocycles. The Morgan fingerprint density at radius 3 is 2.53 bits per heavy atom. The summed E-state index contributed by atoms with van der Waals surface area (Å²) in [6, 6.07) is 7.65. The van der Waals surface area contributed by atoms with Crippen LogP contribution < -0.4 is 14.9 Å². The zero-order valence-corrected chi connectivity index (χ0v) is 9.77. The molecule has 2 rings (SSSR count). The van der Waals surface area contributed by atoms with E-state index in [2.05, 4.69) is 4.18 Å². The molecule has 2 aromatic rings. The highest BCUT2D eigenvalue weighted by atomic mass is 32.2. The molecule has 0 unspecified atom stereocenters. The third-order valence-corrected chi connectivity index (χ3v) is 2.74. The van der Waals surface area contributed by atoms with E-state index in [1.54, 1.807) is 19.2 Å². The Kier molecular flexibility index (Phi) is 2.64. The molecule has 90 valence electrons. The first-order valence-corrected chi connectivity index (χ1v) is 6.16. The number of rotatable bonds is 2. The van der Waals surface area contributed by atoms with Crippen molar-refractivity contribution in [3.8, 4) is 5.75 Å². The summed E-state index contributed by atoms with van der Waals surface area (Å²) in [5, 5.41) is 5.56. The van der Waals surface area contributed by atoms with Crippen molar-refractivity contribution in [3.05, 3.63) is 40.7 Å². The number of hydrogen-bond acceptors (Lipinski definition) is 4. The highest BCUT2D eigenvalue weighted by Gasteiger charge is 2.07. The van der Waals surface area contributed by atoms with E-state index in [1.165, 1.54) is 22.8 Å². The number of fused-ring (bicyclic) bond motifs is 1. The van der Waals surface area contributed by atoms with Crippen LogP contribution in [0.25, 0.3) is 10.9 Å². The molecule has 1 aromatic heterocycles. The molecule has 0 atom stereocenters. The third kappa shape index (κ3) is 2.45. The fourth-order valence-corrected chi connectivity index (χ4v) is 1.90. The molecule has 1 heterocycles. The second-order valence-electron chi connectivity index (χ2n) is 3.53. The van der Waals surface area contributed by atoms with Crippen LogP contribution in [0.1, 0.15) is 0 Å². The summed E-state index contributed by atoms with van der Waals surface area (Å²) in [7, 11) is -2.47. The molecule has 0 spiro atoms. The number of aromatic nitrogens is 1. The fraction of sp³-hybridized carbons (Fsp3) is 0.100. The number of hydrogen-bond donors (Lipinski definition) is 1. The lowest BCUT2D eigenvalue weighted by molar-refractivity contribution is 0.488. The van der Waals surface area contributed by atoms with Crippen molar-refractivity contribution < 1.29 is 12.6 Å². The summed E-state index contributed by atoms with van der Waals surface area (Å²) in [4.78, 5) is 11.4. The Labute approximate surface area is 97.5 Å². The molecule has 0 aliphatic carbocycles. The van der Waals surface area contributed by atoms with Gasteiger partial charge >= 0.3 is 10.3 Å². The van der Waals surface area contributed by atoms with Crippen LogP contribution in [0.3, 0.4) is 0 Å². The van der Waals surface area contributed by atoms with Gasteiger partial charge in [-0.3, -0.25) is 4.79 Å². The van der Waals surface area contributed by atoms with Gasteiger partial charge in [0.25, 0.3) is 5.56 Å². The molecule has 17 heavy (non-hydrogen) atoms. The lowest BCUT2D eigenvalue weighted by atomic mass is 10.2. The van der Waals surface area contributed by atoms with Gasteiger partial charge in [-0.05, 0) is 23.6 Å². The first kappa shape index (κ1) is 11.6. The minimum atomic E-state index is -4.06. The fourth-order valence-electron chi connectivity index (χ4n) is 1.53. The van der Waals surface area contributed by atoms with E-state index in [0.717, 1.165) is 5.39 Å². The summed E-state index contributed by atoms with van der Waals surface area (Å²) in [6.07, 6.45) is 0. The summed E-state index contributed by atoms with van der Waals surface area (Å²) < 4.78 is 27.5. The highest BCUT2D eigenvalue weighted by molar-refractivity contribution is 7.84. The second kappa shape index (κ2) is 3.86. The van der Waals surface area contributed by atoms with Crippen molar-refractivity contribution in [2.24, 2.45) is 12.2 Å². The van der Waals surface area contributed by atoms with E-state index in [4.69, 9.17) is 5.14 Å². The van der Waals surface area contributed by atoms with Gasteiger partial charge in [0.15, 0.2) is 0 Å². The first-order chi connectivity index (χ1) is 7.87. The summed E-state index contributed by atoms with van der Waals surface area (Å²) in [5.74, 6) is 0.0706. The smallest absolute Gasteiger partial charge is 0.371 e. The van der Waals surface area contributed by atoms with Gasteiger partial charge in [-0.1, -0.05) is 0 Å². The van der Waals surface area contributed by atoms with Crippen LogP contribution in [0, 0.1) is 0 Å². The largest absolute Gasteiger partial charge is 0.380 e. The summed E-state index contributed by atoms with van der Waals surface area (Å²) >= 11 is 0. The summed E-state index contributed by atoms with van der Waals surface area (Å²) in [5.41, 5.74) is 0.379. The minimum absolute atomic E-state index is 0.0706. The number of benzene rings is 1. The van der Waals surface area contributed by atoms with Crippen LogP contribution in [0.15, 0.2) is 35.1 Å². The lowest BCUT2D eigenvalue weighted by Crippen LogP contribution is -2.19. The average Bonchev–Trinajstić information content (AvgIpc) is 2.22. The number of aryl methyl sites for hydroxylation is 1. The van der Waals surface area contributed by atoms with Crippen molar-refractivity contribution >= 4 is 21.2 Å². The molecule has 6 nitrogen and oxygen atoms in total. The molecule has 0 bridgehead atoms. The van der Waals surface area contributed by atoms with Crippen LogP contribution in [-0.4, -0.2) is 13.0 Å². The van der Waals surface area contributed by atoms with Gasteiger partial charge in [0.1, 0.15) is 5.75 Å². The van der Waals surface area contributed by atoms with Gasteiger partial charge in [-0.15, -0.1) is 0 Å².